The number of hydrogen-bond acceptors (Lipinski definition) is 3. The van der Waals surface area contributed by atoms with Crippen LogP contribution in [0, 0.1) is 0 Å². The number of Topliss-reactive ketones (excluding diaryl/α,β-unsaturated/α-hetero) is 1. The van der Waals surface area contributed by atoms with Crippen LogP contribution in [-0.4, -0.2) is 17.8 Å². The number of anilines is 1. The molecule has 3 rings (SSSR count). The molecule has 0 aromatic heterocycles. The Labute approximate surface area is 162 Å². The van der Waals surface area contributed by atoms with Gasteiger partial charge in [0.05, 0.1) is 0 Å². The first-order valence-corrected chi connectivity index (χ1v) is 8.83. The lowest BCUT2D eigenvalue weighted by atomic mass is 10.1. The number of halogens is 1. The minimum atomic E-state index is -0.659. The molecule has 136 valence electrons. The van der Waals surface area contributed by atoms with E-state index in [1.54, 1.807) is 67.6 Å². The topological polar surface area (TPSA) is 55.4 Å². The van der Waals surface area contributed by atoms with E-state index in [1.165, 1.54) is 0 Å². The van der Waals surface area contributed by atoms with Gasteiger partial charge in [-0.25, -0.2) is 0 Å². The van der Waals surface area contributed by atoms with E-state index >= 15 is 0 Å². The normalized spacial score (nSPS) is 11.5. The summed E-state index contributed by atoms with van der Waals surface area (Å²) in [6.45, 7) is 1.69. The maximum atomic E-state index is 12.4. The van der Waals surface area contributed by atoms with Crippen LogP contribution in [0.4, 0.5) is 5.69 Å². The number of ether oxygens (including phenoxy) is 1. The van der Waals surface area contributed by atoms with Crippen molar-refractivity contribution in [2.45, 2.75) is 13.0 Å². The smallest absolute Gasteiger partial charge is 0.255 e. The number of carbonyl (C=O) groups excluding carboxylic acids is 2. The monoisotopic (exact) mass is 379 g/mol. The molecular weight excluding hydrogens is 362 g/mol. The molecule has 1 amide bonds. The minimum Gasteiger partial charge on any atom is -0.483 e. The Bertz CT molecular complexity index is 939. The van der Waals surface area contributed by atoms with Gasteiger partial charge in [-0.15, -0.1) is 0 Å². The summed E-state index contributed by atoms with van der Waals surface area (Å²) in [5.74, 6) is 0.198. The highest BCUT2D eigenvalue weighted by Crippen LogP contribution is 2.20. The van der Waals surface area contributed by atoms with E-state index in [2.05, 4.69) is 5.32 Å². The summed E-state index contributed by atoms with van der Waals surface area (Å²) in [6.07, 6.45) is -0.659. The molecule has 1 atom stereocenters. The van der Waals surface area contributed by atoms with Crippen LogP contribution in [0.25, 0.3) is 0 Å². The largest absolute Gasteiger partial charge is 0.483 e. The molecule has 4 nitrogen and oxygen atoms in total. The highest BCUT2D eigenvalue weighted by atomic mass is 35.5. The van der Waals surface area contributed by atoms with Crippen LogP contribution in [-0.2, 0) is 0 Å². The molecule has 0 heterocycles. The minimum absolute atomic E-state index is 0.154. The molecule has 27 heavy (non-hydrogen) atoms. The Hall–Kier alpha value is -3.11. The Morgan fingerprint density at radius 3 is 2.22 bits per heavy atom. The SMILES string of the molecule is CC(Oc1ccc(NC(=O)c2ccccc2)cc1)C(=O)c1cccc(Cl)c1. The van der Waals surface area contributed by atoms with Gasteiger partial charge in [0.25, 0.3) is 5.91 Å². The van der Waals surface area contributed by atoms with Gasteiger partial charge in [-0.2, -0.15) is 0 Å². The van der Waals surface area contributed by atoms with Crippen LogP contribution in [0.5, 0.6) is 5.75 Å². The summed E-state index contributed by atoms with van der Waals surface area (Å²) in [7, 11) is 0. The van der Waals surface area contributed by atoms with E-state index < -0.39 is 6.10 Å². The van der Waals surface area contributed by atoms with Gasteiger partial charge in [0.1, 0.15) is 5.75 Å². The molecular formula is C22H18ClNO3. The fourth-order valence-corrected chi connectivity index (χ4v) is 2.73. The average Bonchev–Trinajstić information content (AvgIpc) is 2.69. The second-order valence-corrected chi connectivity index (χ2v) is 6.42. The first-order chi connectivity index (χ1) is 13.0. The number of ketones is 1. The third-order valence-electron chi connectivity index (χ3n) is 3.94. The number of carbonyl (C=O) groups is 2. The van der Waals surface area contributed by atoms with Crippen LogP contribution in [0.1, 0.15) is 27.6 Å². The molecule has 0 fully saturated rings. The number of benzene rings is 3. The summed E-state index contributed by atoms with van der Waals surface area (Å²) >= 11 is 5.93. The molecule has 0 saturated heterocycles. The van der Waals surface area contributed by atoms with Crippen molar-refractivity contribution in [3.05, 3.63) is 95.0 Å². The fraction of sp³-hybridized carbons (Fsp3) is 0.0909. The number of hydrogen-bond donors (Lipinski definition) is 1. The summed E-state index contributed by atoms with van der Waals surface area (Å²) in [5, 5.41) is 3.32. The summed E-state index contributed by atoms with van der Waals surface area (Å²) < 4.78 is 5.71. The first kappa shape index (κ1) is 18.7. The van der Waals surface area contributed by atoms with Crippen molar-refractivity contribution in [3.8, 4) is 5.75 Å². The van der Waals surface area contributed by atoms with Gasteiger partial charge in [-0.05, 0) is 55.5 Å². The molecule has 1 N–H and O–H groups in total. The van der Waals surface area contributed by atoms with Crippen LogP contribution < -0.4 is 10.1 Å². The zero-order valence-electron chi connectivity index (χ0n) is 14.7. The molecule has 0 radical (unpaired) electrons. The molecule has 0 spiro atoms. The molecule has 3 aromatic rings. The van der Waals surface area contributed by atoms with Crippen molar-refractivity contribution < 1.29 is 14.3 Å². The fourth-order valence-electron chi connectivity index (χ4n) is 2.54. The zero-order valence-corrected chi connectivity index (χ0v) is 15.4. The molecule has 0 aliphatic rings. The highest BCUT2D eigenvalue weighted by molar-refractivity contribution is 6.31. The van der Waals surface area contributed by atoms with Crippen molar-refractivity contribution in [3.63, 3.8) is 0 Å². The van der Waals surface area contributed by atoms with Crippen LogP contribution in [0.15, 0.2) is 78.9 Å². The lowest BCUT2D eigenvalue weighted by molar-refractivity contribution is 0.0818. The van der Waals surface area contributed by atoms with Gasteiger partial charge >= 0.3 is 0 Å². The van der Waals surface area contributed by atoms with E-state index in [1.807, 2.05) is 18.2 Å². The van der Waals surface area contributed by atoms with Crippen molar-refractivity contribution in [1.82, 2.24) is 0 Å². The molecule has 1 unspecified atom stereocenters. The Balaban J connectivity index is 1.62. The third kappa shape index (κ3) is 4.96. The quantitative estimate of drug-likeness (QED) is 0.595. The van der Waals surface area contributed by atoms with Crippen LogP contribution >= 0.6 is 11.6 Å². The van der Waals surface area contributed by atoms with Crippen molar-refractivity contribution >= 4 is 29.0 Å². The molecule has 5 heteroatoms. The van der Waals surface area contributed by atoms with E-state index in [0.29, 0.717) is 27.6 Å². The standard InChI is InChI=1S/C22H18ClNO3/c1-15(21(25)17-8-5-9-18(23)14-17)27-20-12-10-19(11-13-20)24-22(26)16-6-3-2-4-7-16/h2-15H,1H3,(H,24,26). The van der Waals surface area contributed by atoms with Gasteiger partial charge in [0, 0.05) is 21.8 Å². The zero-order chi connectivity index (χ0) is 19.2. The molecule has 0 aliphatic heterocycles. The van der Waals surface area contributed by atoms with Crippen LogP contribution in [0.3, 0.4) is 0 Å². The van der Waals surface area contributed by atoms with Crippen molar-refractivity contribution in [2.75, 3.05) is 5.32 Å². The van der Waals surface area contributed by atoms with E-state index in [0.717, 1.165) is 0 Å². The summed E-state index contributed by atoms with van der Waals surface area (Å²) in [4.78, 5) is 24.6. The van der Waals surface area contributed by atoms with Gasteiger partial charge < -0.3 is 10.1 Å². The van der Waals surface area contributed by atoms with Gasteiger partial charge in [-0.1, -0.05) is 41.9 Å². The van der Waals surface area contributed by atoms with E-state index in [4.69, 9.17) is 16.3 Å². The second-order valence-electron chi connectivity index (χ2n) is 5.98. The van der Waals surface area contributed by atoms with E-state index in [9.17, 15) is 9.59 Å². The molecule has 0 bridgehead atoms. The average molecular weight is 380 g/mol. The number of rotatable bonds is 6. The number of nitrogens with one attached hydrogen (secondary N) is 1. The van der Waals surface area contributed by atoms with E-state index in [-0.39, 0.29) is 11.7 Å². The Kier molecular flexibility index (Phi) is 5.89. The highest BCUT2D eigenvalue weighted by Gasteiger charge is 2.17. The van der Waals surface area contributed by atoms with Gasteiger partial charge in [0.15, 0.2) is 6.10 Å². The predicted molar refractivity (Wildman–Crippen MR) is 107 cm³/mol. The van der Waals surface area contributed by atoms with Gasteiger partial charge in [-0.3, -0.25) is 9.59 Å². The molecule has 0 aliphatic carbocycles. The second kappa shape index (κ2) is 8.52. The van der Waals surface area contributed by atoms with Crippen molar-refractivity contribution in [1.29, 1.82) is 0 Å². The summed E-state index contributed by atoms with van der Waals surface area (Å²) in [5.41, 5.74) is 1.73. The first-order valence-electron chi connectivity index (χ1n) is 8.46. The Morgan fingerprint density at radius 1 is 0.889 bits per heavy atom. The van der Waals surface area contributed by atoms with Crippen molar-refractivity contribution in [2.24, 2.45) is 0 Å². The van der Waals surface area contributed by atoms with Gasteiger partial charge in [0.2, 0.25) is 5.78 Å². The molecule has 0 saturated carbocycles. The number of amides is 1. The Morgan fingerprint density at radius 2 is 1.56 bits per heavy atom. The maximum absolute atomic E-state index is 12.4. The summed E-state index contributed by atoms with van der Waals surface area (Å²) in [6, 6.07) is 22.6. The predicted octanol–water partition coefficient (Wildman–Crippen LogP) is 5.24. The maximum Gasteiger partial charge on any atom is 0.255 e. The lowest BCUT2D eigenvalue weighted by Gasteiger charge is -2.14. The molecule has 3 aromatic carbocycles. The third-order valence-corrected chi connectivity index (χ3v) is 4.17. The van der Waals surface area contributed by atoms with Crippen LogP contribution in [0.2, 0.25) is 5.02 Å². The lowest BCUT2D eigenvalue weighted by Crippen LogP contribution is -2.23.